The molecule has 1 aromatic carbocycles. The maximum absolute atomic E-state index is 9.47. The number of aliphatic hydroxyl groups is 1. The molecule has 0 unspecified atom stereocenters. The zero-order valence-electron chi connectivity index (χ0n) is 14.6. The summed E-state index contributed by atoms with van der Waals surface area (Å²) >= 11 is 7.92. The molecule has 0 spiro atoms. The molecular weight excluding hydrogens is 368 g/mol. The van der Waals surface area contributed by atoms with Crippen molar-refractivity contribution < 1.29 is 9.84 Å². The molecule has 0 bridgehead atoms. The van der Waals surface area contributed by atoms with Crippen LogP contribution in [0.2, 0.25) is 5.02 Å². The smallest absolute Gasteiger partial charge is 0.130 e. The number of ether oxygens (including phenoxy) is 1. The number of hydrogen-bond acceptors (Lipinski definition) is 5. The van der Waals surface area contributed by atoms with Crippen LogP contribution < -0.4 is 10.1 Å². The number of hydrogen-bond donors (Lipinski definition) is 2. The molecule has 6 heteroatoms. The monoisotopic (exact) mass is 388 g/mol. The number of nitrogens with zero attached hydrogens (tertiary/aromatic N) is 1. The van der Waals surface area contributed by atoms with E-state index in [4.69, 9.17) is 16.3 Å². The van der Waals surface area contributed by atoms with Gasteiger partial charge in [0.25, 0.3) is 0 Å². The van der Waals surface area contributed by atoms with E-state index in [2.05, 4.69) is 10.3 Å². The van der Waals surface area contributed by atoms with Gasteiger partial charge in [-0.05, 0) is 62.2 Å². The number of rotatable bonds is 6. The summed E-state index contributed by atoms with van der Waals surface area (Å²) in [5.74, 6) is 1.59. The Balaban J connectivity index is 1.74. The highest BCUT2D eigenvalue weighted by molar-refractivity contribution is 7.19. The number of fused-ring (bicyclic) bond motifs is 1. The van der Waals surface area contributed by atoms with Crippen LogP contribution in [-0.2, 0) is 6.61 Å². The van der Waals surface area contributed by atoms with Crippen LogP contribution >= 0.6 is 22.9 Å². The second-order valence-corrected chi connectivity index (χ2v) is 8.28. The zero-order valence-corrected chi connectivity index (χ0v) is 16.2. The second-order valence-electron chi connectivity index (χ2n) is 6.70. The molecule has 2 N–H and O–H groups in total. The van der Waals surface area contributed by atoms with E-state index in [1.807, 2.05) is 31.2 Å². The van der Waals surface area contributed by atoms with E-state index in [0.29, 0.717) is 17.5 Å². The minimum atomic E-state index is 0.0216. The molecule has 1 aliphatic rings. The van der Waals surface area contributed by atoms with Crippen molar-refractivity contribution in [3.05, 3.63) is 45.9 Å². The van der Waals surface area contributed by atoms with Gasteiger partial charge in [-0.15, -0.1) is 11.3 Å². The lowest BCUT2D eigenvalue weighted by Gasteiger charge is -2.27. The summed E-state index contributed by atoms with van der Waals surface area (Å²) < 4.78 is 7.26. The van der Waals surface area contributed by atoms with Crippen LogP contribution in [0.25, 0.3) is 21.3 Å². The van der Waals surface area contributed by atoms with Crippen molar-refractivity contribution in [2.45, 2.75) is 20.0 Å². The topological polar surface area (TPSA) is 54.4 Å². The van der Waals surface area contributed by atoms with Crippen LogP contribution in [0.1, 0.15) is 16.9 Å². The summed E-state index contributed by atoms with van der Waals surface area (Å²) in [7, 11) is 0. The Morgan fingerprint density at radius 1 is 1.31 bits per heavy atom. The first kappa shape index (κ1) is 17.7. The average molecular weight is 389 g/mol. The van der Waals surface area contributed by atoms with Gasteiger partial charge in [0.15, 0.2) is 0 Å². The summed E-state index contributed by atoms with van der Waals surface area (Å²) in [4.78, 5) is 5.33. The maximum atomic E-state index is 9.47. The Kier molecular flexibility index (Phi) is 5.14. The molecule has 0 atom stereocenters. The molecular formula is C20H21ClN2O2S. The summed E-state index contributed by atoms with van der Waals surface area (Å²) in [5, 5.41) is 13.5. The summed E-state index contributed by atoms with van der Waals surface area (Å²) in [6.07, 6.45) is 2.85. The van der Waals surface area contributed by atoms with Gasteiger partial charge in [0, 0.05) is 27.2 Å². The quantitative estimate of drug-likeness (QED) is 0.656. The van der Waals surface area contributed by atoms with Crippen LogP contribution in [0.3, 0.4) is 0 Å². The van der Waals surface area contributed by atoms with Crippen LogP contribution in [0.4, 0.5) is 0 Å². The predicted octanol–water partition coefficient (Wildman–Crippen LogP) is 4.41. The molecule has 1 fully saturated rings. The lowest BCUT2D eigenvalue weighted by atomic mass is 10.00. The molecule has 26 heavy (non-hydrogen) atoms. The molecule has 2 aromatic heterocycles. The van der Waals surface area contributed by atoms with Gasteiger partial charge in [-0.2, -0.15) is 0 Å². The van der Waals surface area contributed by atoms with E-state index in [0.717, 1.165) is 57.0 Å². The van der Waals surface area contributed by atoms with Gasteiger partial charge in [-0.1, -0.05) is 11.6 Å². The fourth-order valence-electron chi connectivity index (χ4n) is 3.28. The van der Waals surface area contributed by atoms with Gasteiger partial charge in [0.1, 0.15) is 5.75 Å². The van der Waals surface area contributed by atoms with Crippen molar-refractivity contribution >= 4 is 33.2 Å². The largest absolute Gasteiger partial charge is 0.493 e. The number of aryl methyl sites for hydroxylation is 1. The molecule has 4 rings (SSSR count). The molecule has 136 valence electrons. The van der Waals surface area contributed by atoms with Crippen molar-refractivity contribution in [2.24, 2.45) is 5.92 Å². The van der Waals surface area contributed by atoms with Crippen LogP contribution in [-0.4, -0.2) is 29.8 Å². The van der Waals surface area contributed by atoms with Crippen molar-refractivity contribution in [1.29, 1.82) is 0 Å². The molecule has 0 radical (unpaired) electrons. The summed E-state index contributed by atoms with van der Waals surface area (Å²) in [5.41, 5.74) is 3.95. The first-order valence-electron chi connectivity index (χ1n) is 8.78. The summed E-state index contributed by atoms with van der Waals surface area (Å²) in [6.45, 7) is 4.91. The van der Waals surface area contributed by atoms with Crippen LogP contribution in [0.15, 0.2) is 30.5 Å². The third kappa shape index (κ3) is 3.45. The highest BCUT2D eigenvalue weighted by atomic mass is 35.5. The molecule has 1 saturated heterocycles. The Labute approximate surface area is 161 Å². The van der Waals surface area contributed by atoms with Crippen molar-refractivity contribution in [3.63, 3.8) is 0 Å². The van der Waals surface area contributed by atoms with Gasteiger partial charge in [-0.3, -0.25) is 4.98 Å². The number of halogens is 1. The fraction of sp³-hybridized carbons (Fsp3) is 0.350. The van der Waals surface area contributed by atoms with E-state index in [9.17, 15) is 5.11 Å². The number of benzene rings is 1. The lowest BCUT2D eigenvalue weighted by Crippen LogP contribution is -2.42. The van der Waals surface area contributed by atoms with Gasteiger partial charge in [-0.25, -0.2) is 0 Å². The molecule has 1 aliphatic heterocycles. The highest BCUT2D eigenvalue weighted by Crippen LogP contribution is 2.41. The third-order valence-corrected chi connectivity index (χ3v) is 6.15. The van der Waals surface area contributed by atoms with Crippen LogP contribution in [0, 0.1) is 12.8 Å². The Morgan fingerprint density at radius 2 is 2.15 bits per heavy atom. The number of aliphatic hydroxyl groups excluding tert-OH is 1. The minimum Gasteiger partial charge on any atom is -0.493 e. The SMILES string of the molecule is Cc1cc(Cl)cc(-c2ccnc3cc(CO)sc23)c1OCCC1CNC1. The Morgan fingerprint density at radius 3 is 2.88 bits per heavy atom. The van der Waals surface area contributed by atoms with Crippen molar-refractivity contribution in [2.75, 3.05) is 19.7 Å². The third-order valence-electron chi connectivity index (χ3n) is 4.79. The average Bonchev–Trinajstić information content (AvgIpc) is 3.01. The van der Waals surface area contributed by atoms with Gasteiger partial charge >= 0.3 is 0 Å². The Bertz CT molecular complexity index is 937. The predicted molar refractivity (Wildman–Crippen MR) is 107 cm³/mol. The lowest BCUT2D eigenvalue weighted by molar-refractivity contribution is 0.238. The van der Waals surface area contributed by atoms with Crippen LogP contribution in [0.5, 0.6) is 5.75 Å². The molecule has 3 aromatic rings. The number of aromatic nitrogens is 1. The fourth-order valence-corrected chi connectivity index (χ4v) is 4.55. The number of pyridine rings is 1. The number of thiophene rings is 1. The molecule has 0 aliphatic carbocycles. The van der Waals surface area contributed by atoms with E-state index in [-0.39, 0.29) is 6.61 Å². The van der Waals surface area contributed by atoms with E-state index < -0.39 is 0 Å². The molecule has 4 nitrogen and oxygen atoms in total. The summed E-state index contributed by atoms with van der Waals surface area (Å²) in [6, 6.07) is 7.83. The first-order valence-corrected chi connectivity index (χ1v) is 9.97. The standard InChI is InChI=1S/C20H21ClN2O2S/c1-12-6-14(21)7-17(19(12)25-5-3-13-9-22-10-13)16-2-4-23-18-8-15(11-24)26-20(16)18/h2,4,6-8,13,22,24H,3,5,9-11H2,1H3. The Hall–Kier alpha value is -1.66. The van der Waals surface area contributed by atoms with Gasteiger partial charge < -0.3 is 15.2 Å². The van der Waals surface area contributed by atoms with Gasteiger partial charge in [0.05, 0.1) is 23.4 Å². The maximum Gasteiger partial charge on any atom is 0.130 e. The highest BCUT2D eigenvalue weighted by Gasteiger charge is 2.19. The number of nitrogens with one attached hydrogen (secondary N) is 1. The van der Waals surface area contributed by atoms with E-state index in [1.54, 1.807) is 17.5 Å². The normalized spacial score (nSPS) is 14.6. The van der Waals surface area contributed by atoms with E-state index in [1.165, 1.54) is 0 Å². The second kappa shape index (κ2) is 7.53. The van der Waals surface area contributed by atoms with E-state index >= 15 is 0 Å². The zero-order chi connectivity index (χ0) is 18.1. The molecule has 0 amide bonds. The first-order chi connectivity index (χ1) is 12.7. The molecule has 3 heterocycles. The van der Waals surface area contributed by atoms with Gasteiger partial charge in [0.2, 0.25) is 0 Å². The molecule has 0 saturated carbocycles. The van der Waals surface area contributed by atoms with Crippen molar-refractivity contribution in [3.8, 4) is 16.9 Å². The minimum absolute atomic E-state index is 0.0216. The van der Waals surface area contributed by atoms with Crippen molar-refractivity contribution in [1.82, 2.24) is 10.3 Å².